The third-order valence-corrected chi connectivity index (χ3v) is 4.02. The molecule has 1 rings (SSSR count). The molecule has 0 aliphatic carbocycles. The number of sulfonamides is 1. The number of aromatic nitrogens is 1. The first-order valence-electron chi connectivity index (χ1n) is 5.31. The predicted molar refractivity (Wildman–Crippen MR) is 73.4 cm³/mol. The van der Waals surface area contributed by atoms with E-state index >= 15 is 0 Å². The van der Waals surface area contributed by atoms with Crippen molar-refractivity contribution in [2.45, 2.75) is 27.2 Å². The maximum absolute atomic E-state index is 11.8. The lowest BCUT2D eigenvalue weighted by Crippen LogP contribution is -2.21. The molecule has 1 heterocycles. The van der Waals surface area contributed by atoms with E-state index < -0.39 is 10.0 Å². The Morgan fingerprint density at radius 3 is 2.59 bits per heavy atom. The van der Waals surface area contributed by atoms with Crippen molar-refractivity contribution in [3.63, 3.8) is 0 Å². The molecular formula is C11H17BrN2O2S. The van der Waals surface area contributed by atoms with Crippen molar-refractivity contribution in [2.75, 3.05) is 10.5 Å². The van der Waals surface area contributed by atoms with Crippen molar-refractivity contribution in [1.82, 2.24) is 4.98 Å². The molecule has 6 heteroatoms. The van der Waals surface area contributed by atoms with Gasteiger partial charge in [-0.2, -0.15) is 0 Å². The van der Waals surface area contributed by atoms with Crippen molar-refractivity contribution < 1.29 is 8.42 Å². The SMILES string of the molecule is CC(C)(C)CCS(=O)(=O)Nc1ncccc1Br. The lowest BCUT2D eigenvalue weighted by Gasteiger charge is -2.18. The van der Waals surface area contributed by atoms with Gasteiger partial charge in [0.25, 0.3) is 0 Å². The standard InChI is InChI=1S/C11H17BrN2O2S/c1-11(2,3)6-8-17(15,16)14-10-9(12)5-4-7-13-10/h4-5,7H,6,8H2,1-3H3,(H,13,14). The van der Waals surface area contributed by atoms with E-state index in [4.69, 9.17) is 0 Å². The van der Waals surface area contributed by atoms with E-state index in [1.54, 1.807) is 18.3 Å². The second kappa shape index (κ2) is 5.35. The zero-order chi connectivity index (χ0) is 13.1. The van der Waals surface area contributed by atoms with Crippen molar-refractivity contribution in [1.29, 1.82) is 0 Å². The molecule has 0 spiro atoms. The summed E-state index contributed by atoms with van der Waals surface area (Å²) in [6, 6.07) is 3.48. The summed E-state index contributed by atoms with van der Waals surface area (Å²) in [5, 5.41) is 0. The van der Waals surface area contributed by atoms with E-state index in [2.05, 4.69) is 25.6 Å². The minimum absolute atomic E-state index is 0.00387. The first-order valence-corrected chi connectivity index (χ1v) is 7.75. The molecule has 1 N–H and O–H groups in total. The van der Waals surface area contributed by atoms with Crippen molar-refractivity contribution in [3.05, 3.63) is 22.8 Å². The van der Waals surface area contributed by atoms with E-state index in [1.165, 1.54) is 0 Å². The number of nitrogens with zero attached hydrogens (tertiary/aromatic N) is 1. The highest BCUT2D eigenvalue weighted by molar-refractivity contribution is 9.10. The summed E-state index contributed by atoms with van der Waals surface area (Å²) in [6.07, 6.45) is 2.15. The Bertz CT molecular complexity index is 480. The molecule has 1 aromatic rings. The number of pyridine rings is 1. The molecule has 0 atom stereocenters. The zero-order valence-electron chi connectivity index (χ0n) is 10.2. The van der Waals surface area contributed by atoms with E-state index in [-0.39, 0.29) is 11.2 Å². The van der Waals surface area contributed by atoms with Gasteiger partial charge < -0.3 is 0 Å². The van der Waals surface area contributed by atoms with Crippen LogP contribution in [0.25, 0.3) is 0 Å². The lowest BCUT2D eigenvalue weighted by molar-refractivity contribution is 0.397. The van der Waals surface area contributed by atoms with Gasteiger partial charge in [0.1, 0.15) is 0 Å². The van der Waals surface area contributed by atoms with Crippen LogP contribution in [0, 0.1) is 5.41 Å². The molecule has 0 fully saturated rings. The number of hydrogen-bond donors (Lipinski definition) is 1. The normalized spacial score (nSPS) is 12.5. The quantitative estimate of drug-likeness (QED) is 0.927. The van der Waals surface area contributed by atoms with Crippen LogP contribution in [0.1, 0.15) is 27.2 Å². The Labute approximate surface area is 111 Å². The third kappa shape index (κ3) is 5.50. The van der Waals surface area contributed by atoms with Gasteiger partial charge in [0.15, 0.2) is 5.82 Å². The minimum atomic E-state index is -3.33. The molecule has 0 aromatic carbocycles. The van der Waals surface area contributed by atoms with E-state index in [1.807, 2.05) is 20.8 Å². The predicted octanol–water partition coefficient (Wildman–Crippen LogP) is 3.02. The zero-order valence-corrected chi connectivity index (χ0v) is 12.6. The monoisotopic (exact) mass is 320 g/mol. The molecule has 0 unspecified atom stereocenters. The van der Waals surface area contributed by atoms with E-state index in [0.717, 1.165) is 0 Å². The summed E-state index contributed by atoms with van der Waals surface area (Å²) in [4.78, 5) is 3.97. The van der Waals surface area contributed by atoms with Crippen LogP contribution in [-0.2, 0) is 10.0 Å². The van der Waals surface area contributed by atoms with Crippen LogP contribution in [0.3, 0.4) is 0 Å². The Morgan fingerprint density at radius 2 is 2.06 bits per heavy atom. The highest BCUT2D eigenvalue weighted by atomic mass is 79.9. The lowest BCUT2D eigenvalue weighted by atomic mass is 9.94. The van der Waals surface area contributed by atoms with Gasteiger partial charge in [-0.15, -0.1) is 0 Å². The first kappa shape index (κ1) is 14.4. The third-order valence-electron chi connectivity index (χ3n) is 2.13. The molecule has 0 bridgehead atoms. The molecule has 0 radical (unpaired) electrons. The van der Waals surface area contributed by atoms with Gasteiger partial charge in [-0.05, 0) is 39.9 Å². The Balaban J connectivity index is 2.71. The molecule has 0 saturated heterocycles. The summed E-state index contributed by atoms with van der Waals surface area (Å²) < 4.78 is 26.8. The summed E-state index contributed by atoms with van der Waals surface area (Å²) in [5.74, 6) is 0.431. The number of halogens is 1. The molecule has 0 saturated carbocycles. The van der Waals surface area contributed by atoms with Crippen molar-refractivity contribution in [2.24, 2.45) is 5.41 Å². The van der Waals surface area contributed by atoms with Crippen LogP contribution in [0.2, 0.25) is 0 Å². The van der Waals surface area contributed by atoms with Gasteiger partial charge in [-0.25, -0.2) is 13.4 Å². The highest BCUT2D eigenvalue weighted by Gasteiger charge is 2.18. The summed E-state index contributed by atoms with van der Waals surface area (Å²) in [5.41, 5.74) is -0.00387. The number of anilines is 1. The first-order chi connectivity index (χ1) is 7.70. The Hall–Kier alpha value is -0.620. The van der Waals surface area contributed by atoms with Gasteiger partial charge in [-0.1, -0.05) is 20.8 Å². The minimum Gasteiger partial charge on any atom is -0.266 e. The Kier molecular flexibility index (Phi) is 4.55. The largest absolute Gasteiger partial charge is 0.266 e. The molecule has 4 nitrogen and oxygen atoms in total. The van der Waals surface area contributed by atoms with Gasteiger partial charge in [-0.3, -0.25) is 4.72 Å². The maximum atomic E-state index is 11.8. The van der Waals surface area contributed by atoms with Crippen LogP contribution in [0.4, 0.5) is 5.82 Å². The molecule has 0 aliphatic rings. The number of nitrogens with one attached hydrogen (secondary N) is 1. The van der Waals surface area contributed by atoms with E-state index in [0.29, 0.717) is 16.7 Å². The van der Waals surface area contributed by atoms with Crippen LogP contribution in [-0.4, -0.2) is 19.2 Å². The average Bonchev–Trinajstić information content (AvgIpc) is 2.18. The van der Waals surface area contributed by atoms with Crippen molar-refractivity contribution >= 4 is 31.8 Å². The molecule has 0 aliphatic heterocycles. The van der Waals surface area contributed by atoms with Crippen LogP contribution >= 0.6 is 15.9 Å². The second-order valence-corrected chi connectivity index (χ2v) is 7.76. The highest BCUT2D eigenvalue weighted by Crippen LogP contribution is 2.22. The molecule has 1 aromatic heterocycles. The van der Waals surface area contributed by atoms with E-state index in [9.17, 15) is 8.42 Å². The van der Waals surface area contributed by atoms with Crippen LogP contribution < -0.4 is 4.72 Å². The van der Waals surface area contributed by atoms with Crippen molar-refractivity contribution in [3.8, 4) is 0 Å². The molecular weight excluding hydrogens is 304 g/mol. The summed E-state index contributed by atoms with van der Waals surface area (Å²) >= 11 is 3.25. The van der Waals surface area contributed by atoms with Crippen LogP contribution in [0.15, 0.2) is 22.8 Å². The molecule has 96 valence electrons. The maximum Gasteiger partial charge on any atom is 0.233 e. The van der Waals surface area contributed by atoms with Gasteiger partial charge in [0, 0.05) is 6.20 Å². The smallest absolute Gasteiger partial charge is 0.233 e. The topological polar surface area (TPSA) is 59.1 Å². The summed E-state index contributed by atoms with van der Waals surface area (Å²) in [7, 11) is -3.33. The Morgan fingerprint density at radius 1 is 1.41 bits per heavy atom. The van der Waals surface area contributed by atoms with Crippen LogP contribution in [0.5, 0.6) is 0 Å². The fourth-order valence-corrected chi connectivity index (χ4v) is 3.03. The van der Waals surface area contributed by atoms with Gasteiger partial charge in [0.05, 0.1) is 10.2 Å². The summed E-state index contributed by atoms with van der Waals surface area (Å²) in [6.45, 7) is 6.04. The number of rotatable bonds is 4. The molecule has 0 amide bonds. The fourth-order valence-electron chi connectivity index (χ4n) is 1.10. The van der Waals surface area contributed by atoms with Gasteiger partial charge in [0.2, 0.25) is 10.0 Å². The number of hydrogen-bond acceptors (Lipinski definition) is 3. The second-order valence-electron chi connectivity index (χ2n) is 5.07. The molecule has 17 heavy (non-hydrogen) atoms. The average molecular weight is 321 g/mol. The fraction of sp³-hybridized carbons (Fsp3) is 0.545. The van der Waals surface area contributed by atoms with Gasteiger partial charge >= 0.3 is 0 Å².